The normalized spacial score (nSPS) is 45.3. The first-order chi connectivity index (χ1) is 4.73. The fourth-order valence-electron chi connectivity index (χ4n) is 1.29. The van der Waals surface area contributed by atoms with E-state index in [-0.39, 0.29) is 11.9 Å². The number of nitrogens with one attached hydrogen (secondary N) is 1. The van der Waals surface area contributed by atoms with Gasteiger partial charge in [0.15, 0.2) is 0 Å². The molecule has 10 heavy (non-hydrogen) atoms. The van der Waals surface area contributed by atoms with Crippen molar-refractivity contribution < 1.29 is 14.4 Å². The van der Waals surface area contributed by atoms with E-state index in [1.54, 1.807) is 6.92 Å². The molecule has 0 aromatic rings. The Kier molecular flexibility index (Phi) is 1.04. The fraction of sp³-hybridized carbons (Fsp3) is 0.833. The van der Waals surface area contributed by atoms with Gasteiger partial charge >= 0.3 is 5.97 Å². The summed E-state index contributed by atoms with van der Waals surface area (Å²) in [5, 5.41) is 0. The number of fused-ring (bicyclic) bond motifs is 1. The van der Waals surface area contributed by atoms with Gasteiger partial charge in [-0.2, -0.15) is 5.48 Å². The van der Waals surface area contributed by atoms with Crippen molar-refractivity contribution in [1.29, 1.82) is 0 Å². The highest BCUT2D eigenvalue weighted by Crippen LogP contribution is 2.30. The second kappa shape index (κ2) is 1.71. The molecule has 4 heteroatoms. The van der Waals surface area contributed by atoms with Crippen LogP contribution in [0.3, 0.4) is 0 Å². The zero-order valence-electron chi connectivity index (χ0n) is 5.72. The SMILES string of the molecule is C[C@@]12NOC[C@@H]1COC2=O. The summed E-state index contributed by atoms with van der Waals surface area (Å²) in [5.74, 6) is -0.00463. The number of esters is 1. The predicted molar refractivity (Wildman–Crippen MR) is 31.9 cm³/mol. The first-order valence-corrected chi connectivity index (χ1v) is 3.29. The van der Waals surface area contributed by atoms with Crippen molar-refractivity contribution >= 4 is 5.97 Å². The molecule has 1 N–H and O–H groups in total. The van der Waals surface area contributed by atoms with Crippen LogP contribution in [0.5, 0.6) is 0 Å². The molecule has 0 radical (unpaired) electrons. The van der Waals surface area contributed by atoms with Crippen LogP contribution in [-0.2, 0) is 14.4 Å². The molecule has 0 aliphatic carbocycles. The fourth-order valence-corrected chi connectivity index (χ4v) is 1.29. The van der Waals surface area contributed by atoms with Crippen LogP contribution in [0.1, 0.15) is 6.92 Å². The van der Waals surface area contributed by atoms with Crippen molar-refractivity contribution in [1.82, 2.24) is 5.48 Å². The molecular weight excluding hydrogens is 134 g/mol. The van der Waals surface area contributed by atoms with E-state index in [1.807, 2.05) is 0 Å². The molecule has 2 aliphatic heterocycles. The van der Waals surface area contributed by atoms with Crippen molar-refractivity contribution in [2.45, 2.75) is 12.5 Å². The van der Waals surface area contributed by atoms with Gasteiger partial charge in [-0.15, -0.1) is 0 Å². The van der Waals surface area contributed by atoms with Gasteiger partial charge in [0.05, 0.1) is 13.2 Å². The van der Waals surface area contributed by atoms with Crippen molar-refractivity contribution in [3.63, 3.8) is 0 Å². The lowest BCUT2D eigenvalue weighted by molar-refractivity contribution is -0.146. The smallest absolute Gasteiger partial charge is 0.328 e. The second-order valence-electron chi connectivity index (χ2n) is 2.91. The second-order valence-corrected chi connectivity index (χ2v) is 2.91. The van der Waals surface area contributed by atoms with Crippen LogP contribution in [0.2, 0.25) is 0 Å². The first-order valence-electron chi connectivity index (χ1n) is 3.29. The van der Waals surface area contributed by atoms with E-state index in [9.17, 15) is 4.79 Å². The number of hydrogen-bond donors (Lipinski definition) is 1. The Hall–Kier alpha value is -0.610. The van der Waals surface area contributed by atoms with E-state index in [4.69, 9.17) is 9.57 Å². The minimum atomic E-state index is -0.569. The summed E-state index contributed by atoms with van der Waals surface area (Å²) in [5.41, 5.74) is 2.10. The lowest BCUT2D eigenvalue weighted by atomic mass is 9.91. The van der Waals surface area contributed by atoms with Crippen molar-refractivity contribution in [2.75, 3.05) is 13.2 Å². The quantitative estimate of drug-likeness (QED) is 0.462. The average molecular weight is 143 g/mol. The highest BCUT2D eigenvalue weighted by molar-refractivity contribution is 5.82. The summed E-state index contributed by atoms with van der Waals surface area (Å²) in [6.45, 7) is 2.87. The van der Waals surface area contributed by atoms with Crippen molar-refractivity contribution in [3.8, 4) is 0 Å². The molecule has 0 aromatic heterocycles. The van der Waals surface area contributed by atoms with E-state index in [1.165, 1.54) is 0 Å². The molecule has 4 nitrogen and oxygen atoms in total. The molecular formula is C6H9NO3. The van der Waals surface area contributed by atoms with Gasteiger partial charge in [0.2, 0.25) is 0 Å². The molecule has 2 aliphatic rings. The Morgan fingerprint density at radius 1 is 1.70 bits per heavy atom. The number of hydrogen-bond acceptors (Lipinski definition) is 4. The highest BCUT2D eigenvalue weighted by atomic mass is 16.7. The molecule has 56 valence electrons. The summed E-state index contributed by atoms with van der Waals surface area (Å²) >= 11 is 0. The van der Waals surface area contributed by atoms with Gasteiger partial charge in [0, 0.05) is 5.92 Å². The number of carbonyl (C=O) groups excluding carboxylic acids is 1. The molecule has 2 fully saturated rings. The van der Waals surface area contributed by atoms with Gasteiger partial charge in [-0.1, -0.05) is 0 Å². The van der Waals surface area contributed by atoms with Crippen LogP contribution in [0.4, 0.5) is 0 Å². The molecule has 2 saturated heterocycles. The summed E-state index contributed by atoms with van der Waals surface area (Å²) in [6.07, 6.45) is 0. The van der Waals surface area contributed by atoms with E-state index in [2.05, 4.69) is 5.48 Å². The van der Waals surface area contributed by atoms with E-state index in [0.717, 1.165) is 0 Å². The maximum absolute atomic E-state index is 11.0. The molecule has 0 aromatic carbocycles. The standard InChI is InChI=1S/C6H9NO3/c1-6-4(3-10-7-6)2-9-5(6)8/h4,7H,2-3H2,1H3/t4-,6+/m0/s1. The number of carbonyl (C=O) groups is 1. The Labute approximate surface area is 58.4 Å². The van der Waals surface area contributed by atoms with Crippen LogP contribution in [0.25, 0.3) is 0 Å². The van der Waals surface area contributed by atoms with Crippen molar-refractivity contribution in [3.05, 3.63) is 0 Å². The lowest BCUT2D eigenvalue weighted by Gasteiger charge is -2.14. The molecule has 0 bridgehead atoms. The molecule has 2 rings (SSSR count). The van der Waals surface area contributed by atoms with Crippen LogP contribution in [0, 0.1) is 5.92 Å². The Morgan fingerprint density at radius 3 is 3.20 bits per heavy atom. The van der Waals surface area contributed by atoms with Gasteiger partial charge in [-0.3, -0.25) is 0 Å². The summed E-state index contributed by atoms with van der Waals surface area (Å²) in [4.78, 5) is 15.9. The van der Waals surface area contributed by atoms with Crippen LogP contribution >= 0.6 is 0 Å². The van der Waals surface area contributed by atoms with Gasteiger partial charge in [-0.05, 0) is 6.92 Å². The maximum atomic E-state index is 11.0. The number of rotatable bonds is 0. The van der Waals surface area contributed by atoms with E-state index in [0.29, 0.717) is 13.2 Å². The third kappa shape index (κ3) is 0.552. The number of ether oxygens (including phenoxy) is 1. The predicted octanol–water partition coefficient (Wildman–Crippen LogP) is -0.547. The molecule has 2 heterocycles. The number of cyclic esters (lactones) is 1. The van der Waals surface area contributed by atoms with Crippen LogP contribution < -0.4 is 5.48 Å². The van der Waals surface area contributed by atoms with Crippen LogP contribution in [-0.4, -0.2) is 24.7 Å². The topological polar surface area (TPSA) is 47.6 Å². The van der Waals surface area contributed by atoms with Gasteiger partial charge < -0.3 is 9.57 Å². The molecule has 2 atom stereocenters. The van der Waals surface area contributed by atoms with Gasteiger partial charge in [0.25, 0.3) is 0 Å². The Morgan fingerprint density at radius 2 is 2.50 bits per heavy atom. The minimum absolute atomic E-state index is 0.194. The van der Waals surface area contributed by atoms with E-state index < -0.39 is 5.54 Å². The summed E-state index contributed by atoms with van der Waals surface area (Å²) < 4.78 is 4.84. The lowest BCUT2D eigenvalue weighted by Crippen LogP contribution is -2.44. The monoisotopic (exact) mass is 143 g/mol. The Balaban J connectivity index is 2.30. The van der Waals surface area contributed by atoms with Gasteiger partial charge in [-0.25, -0.2) is 4.79 Å². The average Bonchev–Trinajstić information content (AvgIpc) is 2.36. The number of hydroxylamine groups is 1. The molecule has 0 amide bonds. The third-order valence-corrected chi connectivity index (χ3v) is 2.22. The Bertz CT molecular complexity index is 182. The minimum Gasteiger partial charge on any atom is -0.464 e. The van der Waals surface area contributed by atoms with Crippen molar-refractivity contribution in [2.24, 2.45) is 5.92 Å². The molecule has 0 saturated carbocycles. The highest BCUT2D eigenvalue weighted by Gasteiger charge is 2.52. The maximum Gasteiger partial charge on any atom is 0.328 e. The molecule has 0 spiro atoms. The molecule has 0 unspecified atom stereocenters. The summed E-state index contributed by atoms with van der Waals surface area (Å²) in [7, 11) is 0. The van der Waals surface area contributed by atoms with E-state index >= 15 is 0 Å². The summed E-state index contributed by atoms with van der Waals surface area (Å²) in [6, 6.07) is 0. The first kappa shape index (κ1) is 6.12. The zero-order valence-corrected chi connectivity index (χ0v) is 5.72. The van der Waals surface area contributed by atoms with Gasteiger partial charge in [0.1, 0.15) is 5.54 Å². The largest absolute Gasteiger partial charge is 0.464 e. The van der Waals surface area contributed by atoms with Crippen LogP contribution in [0.15, 0.2) is 0 Å². The third-order valence-electron chi connectivity index (χ3n) is 2.22. The zero-order chi connectivity index (χ0) is 7.19.